The van der Waals surface area contributed by atoms with Crippen molar-refractivity contribution in [2.45, 2.75) is 37.8 Å². The minimum absolute atomic E-state index is 0.116. The third-order valence-corrected chi connectivity index (χ3v) is 5.70. The number of rotatable bonds is 2. The van der Waals surface area contributed by atoms with Gasteiger partial charge in [-0.1, -0.05) is 24.4 Å². The topological polar surface area (TPSA) is 123 Å². The molecule has 1 aromatic carbocycles. The summed E-state index contributed by atoms with van der Waals surface area (Å²) < 4.78 is 6.43. The SMILES string of the molecule is COC(=O)Nc1ccc2c(c1)N[C@@H](c1nn(C)cc1Cl)CCCC[C@H](N)c1nc-2c[nH]1. The van der Waals surface area contributed by atoms with Gasteiger partial charge in [-0.3, -0.25) is 10.00 Å². The Labute approximate surface area is 185 Å². The lowest BCUT2D eigenvalue weighted by molar-refractivity contribution is 0.187. The highest BCUT2D eigenvalue weighted by Crippen LogP contribution is 2.36. The van der Waals surface area contributed by atoms with Gasteiger partial charge in [0.15, 0.2) is 0 Å². The van der Waals surface area contributed by atoms with Crippen LogP contribution < -0.4 is 16.4 Å². The maximum atomic E-state index is 11.7. The van der Waals surface area contributed by atoms with E-state index in [1.807, 2.05) is 25.4 Å². The van der Waals surface area contributed by atoms with Gasteiger partial charge in [0, 0.05) is 36.4 Å². The van der Waals surface area contributed by atoms with Crippen LogP contribution in [0.25, 0.3) is 11.3 Å². The number of nitrogens with one attached hydrogen (secondary N) is 3. The van der Waals surface area contributed by atoms with Crippen molar-refractivity contribution in [2.75, 3.05) is 17.7 Å². The minimum Gasteiger partial charge on any atom is -0.453 e. The number of aryl methyl sites for hydroxylation is 1. The molecule has 0 radical (unpaired) electrons. The van der Waals surface area contributed by atoms with Crippen molar-refractivity contribution in [3.05, 3.63) is 47.1 Å². The second kappa shape index (κ2) is 8.99. The Balaban J connectivity index is 1.78. The molecule has 3 heterocycles. The van der Waals surface area contributed by atoms with E-state index < -0.39 is 6.09 Å². The van der Waals surface area contributed by atoms with Crippen molar-refractivity contribution in [2.24, 2.45) is 12.8 Å². The zero-order valence-electron chi connectivity index (χ0n) is 17.5. The molecule has 9 nitrogen and oxygen atoms in total. The number of nitrogens with two attached hydrogens (primary N) is 1. The van der Waals surface area contributed by atoms with E-state index in [9.17, 15) is 4.79 Å². The number of hydrogen-bond donors (Lipinski definition) is 4. The standard InChI is InChI=1S/C21H26ClN7O2/c1-29-11-14(22)19(28-29)16-6-4-3-5-15(23)20-24-10-18(27-20)13-8-7-12(9-17(13)26-16)25-21(30)31-2/h7-11,15-16,26H,3-6,23H2,1-2H3,(H,24,27)(H,25,30)/t15-,16+/m0/s1. The number of benzene rings is 1. The van der Waals surface area contributed by atoms with Gasteiger partial charge < -0.3 is 20.8 Å². The molecule has 0 aliphatic carbocycles. The Hall–Kier alpha value is -3.04. The van der Waals surface area contributed by atoms with Gasteiger partial charge in [0.05, 0.1) is 29.9 Å². The monoisotopic (exact) mass is 443 g/mol. The second-order valence-corrected chi connectivity index (χ2v) is 8.08. The van der Waals surface area contributed by atoms with Crippen molar-refractivity contribution in [3.63, 3.8) is 0 Å². The van der Waals surface area contributed by atoms with Crippen molar-refractivity contribution in [1.82, 2.24) is 19.7 Å². The first kappa shape index (κ1) is 21.2. The molecule has 10 heteroatoms. The van der Waals surface area contributed by atoms with Crippen LogP contribution in [0, 0.1) is 0 Å². The highest BCUT2D eigenvalue weighted by Gasteiger charge is 2.22. The van der Waals surface area contributed by atoms with Gasteiger partial charge in [-0.15, -0.1) is 0 Å². The summed E-state index contributed by atoms with van der Waals surface area (Å²) in [6, 6.07) is 5.30. The summed E-state index contributed by atoms with van der Waals surface area (Å²) in [4.78, 5) is 19.6. The van der Waals surface area contributed by atoms with E-state index >= 15 is 0 Å². The van der Waals surface area contributed by atoms with Crippen LogP contribution in [0.3, 0.4) is 0 Å². The van der Waals surface area contributed by atoms with Crippen LogP contribution in [-0.2, 0) is 11.8 Å². The highest BCUT2D eigenvalue weighted by molar-refractivity contribution is 6.31. The van der Waals surface area contributed by atoms with Crippen molar-refractivity contribution in [3.8, 4) is 11.3 Å². The molecular formula is C21H26ClN7O2. The molecule has 1 aliphatic rings. The fraction of sp³-hybridized carbons (Fsp3) is 0.381. The normalized spacial score (nSPS) is 18.8. The van der Waals surface area contributed by atoms with Gasteiger partial charge in [0.2, 0.25) is 0 Å². The van der Waals surface area contributed by atoms with Gasteiger partial charge in [-0.05, 0) is 31.0 Å². The molecule has 4 rings (SSSR count). The molecule has 2 aromatic heterocycles. The lowest BCUT2D eigenvalue weighted by Crippen LogP contribution is -2.16. The van der Waals surface area contributed by atoms with E-state index in [-0.39, 0.29) is 12.1 Å². The third-order valence-electron chi connectivity index (χ3n) is 5.40. The largest absolute Gasteiger partial charge is 0.453 e. The average molecular weight is 444 g/mol. The predicted molar refractivity (Wildman–Crippen MR) is 120 cm³/mol. The van der Waals surface area contributed by atoms with E-state index in [1.165, 1.54) is 7.11 Å². The lowest BCUT2D eigenvalue weighted by atomic mass is 10.0. The molecule has 1 amide bonds. The molecule has 2 bridgehead atoms. The Kier molecular flexibility index (Phi) is 6.15. The first-order valence-corrected chi connectivity index (χ1v) is 10.6. The summed E-state index contributed by atoms with van der Waals surface area (Å²) in [5.74, 6) is 0.766. The molecule has 164 valence electrons. The first-order valence-electron chi connectivity index (χ1n) is 10.2. The molecule has 0 unspecified atom stereocenters. The molecule has 31 heavy (non-hydrogen) atoms. The number of ether oxygens (including phenoxy) is 1. The maximum absolute atomic E-state index is 11.7. The lowest BCUT2D eigenvalue weighted by Gasteiger charge is -2.22. The molecule has 0 spiro atoms. The van der Waals surface area contributed by atoms with Crippen LogP contribution in [0.5, 0.6) is 0 Å². The first-order chi connectivity index (χ1) is 14.9. The number of carbonyl (C=O) groups excluding carboxylic acids is 1. The smallest absolute Gasteiger partial charge is 0.411 e. The summed E-state index contributed by atoms with van der Waals surface area (Å²) in [5, 5.41) is 11.5. The summed E-state index contributed by atoms with van der Waals surface area (Å²) >= 11 is 6.48. The number of methoxy groups -OCH3 is 1. The maximum Gasteiger partial charge on any atom is 0.411 e. The van der Waals surface area contributed by atoms with E-state index in [1.54, 1.807) is 16.9 Å². The van der Waals surface area contributed by atoms with Gasteiger partial charge in [0.1, 0.15) is 11.5 Å². The van der Waals surface area contributed by atoms with E-state index in [2.05, 4.69) is 20.7 Å². The second-order valence-electron chi connectivity index (χ2n) is 7.67. The quantitative estimate of drug-likeness (QED) is 0.466. The Morgan fingerprint density at radius 3 is 2.90 bits per heavy atom. The highest BCUT2D eigenvalue weighted by atomic mass is 35.5. The van der Waals surface area contributed by atoms with Crippen molar-refractivity contribution >= 4 is 29.1 Å². The van der Waals surface area contributed by atoms with E-state index in [4.69, 9.17) is 27.1 Å². The molecule has 0 saturated carbocycles. The average Bonchev–Trinajstić information content (AvgIpc) is 3.36. The van der Waals surface area contributed by atoms with Crippen LogP contribution in [0.4, 0.5) is 16.2 Å². The summed E-state index contributed by atoms with van der Waals surface area (Å²) in [5.41, 5.74) is 10.2. The predicted octanol–water partition coefficient (Wildman–Crippen LogP) is 4.37. The van der Waals surface area contributed by atoms with Crippen LogP contribution in [0.1, 0.15) is 49.3 Å². The molecule has 3 aromatic rings. The number of fused-ring (bicyclic) bond motifs is 4. The molecular weight excluding hydrogens is 418 g/mol. The number of anilines is 2. The van der Waals surface area contributed by atoms with Gasteiger partial charge in [0.25, 0.3) is 0 Å². The van der Waals surface area contributed by atoms with Gasteiger partial charge >= 0.3 is 6.09 Å². The number of aromatic nitrogens is 4. The molecule has 1 aliphatic heterocycles. The van der Waals surface area contributed by atoms with Crippen LogP contribution in [-0.4, -0.2) is 33.0 Å². The van der Waals surface area contributed by atoms with E-state index in [0.717, 1.165) is 54.1 Å². The number of aromatic amines is 1. The minimum atomic E-state index is -0.537. The fourth-order valence-electron chi connectivity index (χ4n) is 3.83. The van der Waals surface area contributed by atoms with Crippen molar-refractivity contribution in [1.29, 1.82) is 0 Å². The zero-order chi connectivity index (χ0) is 22.0. The number of halogens is 1. The number of imidazole rings is 1. The molecule has 2 atom stereocenters. The van der Waals surface area contributed by atoms with Crippen LogP contribution in [0.15, 0.2) is 30.6 Å². The zero-order valence-corrected chi connectivity index (χ0v) is 18.2. The summed E-state index contributed by atoms with van der Waals surface area (Å²) in [6.45, 7) is 0. The number of nitrogens with zero attached hydrogens (tertiary/aromatic N) is 3. The summed E-state index contributed by atoms with van der Waals surface area (Å²) in [6.07, 6.45) is 6.68. The summed E-state index contributed by atoms with van der Waals surface area (Å²) in [7, 11) is 3.18. The number of H-pyrrole nitrogens is 1. The van der Waals surface area contributed by atoms with Crippen molar-refractivity contribution < 1.29 is 9.53 Å². The number of amides is 1. The third kappa shape index (κ3) is 4.67. The molecule has 5 N–H and O–H groups in total. The van der Waals surface area contributed by atoms with Crippen LogP contribution >= 0.6 is 11.6 Å². The molecule has 0 saturated heterocycles. The Morgan fingerprint density at radius 2 is 2.16 bits per heavy atom. The van der Waals surface area contributed by atoms with E-state index in [0.29, 0.717) is 10.7 Å². The fourth-order valence-corrected chi connectivity index (χ4v) is 4.14. The molecule has 0 fully saturated rings. The Morgan fingerprint density at radius 1 is 1.35 bits per heavy atom. The van der Waals surface area contributed by atoms with Gasteiger partial charge in [-0.2, -0.15) is 5.10 Å². The van der Waals surface area contributed by atoms with Crippen LogP contribution in [0.2, 0.25) is 5.02 Å². The number of hydrogen-bond acceptors (Lipinski definition) is 6. The Bertz CT molecular complexity index is 1080. The number of carbonyl (C=O) groups is 1. The van der Waals surface area contributed by atoms with Gasteiger partial charge in [-0.25, -0.2) is 9.78 Å².